The monoisotopic (exact) mass is 432 g/mol. The third-order valence-corrected chi connectivity index (χ3v) is 5.20. The molecule has 0 aliphatic heterocycles. The van der Waals surface area contributed by atoms with Gasteiger partial charge < -0.3 is 9.47 Å². The maximum Gasteiger partial charge on any atom is 0.240 e. The van der Waals surface area contributed by atoms with Gasteiger partial charge in [0, 0.05) is 35.6 Å². The van der Waals surface area contributed by atoms with Crippen molar-refractivity contribution in [3.05, 3.63) is 47.5 Å². The first-order valence-corrected chi connectivity index (χ1v) is 10.6. The minimum absolute atomic E-state index is 0.457. The summed E-state index contributed by atoms with van der Waals surface area (Å²) in [7, 11) is 0. The number of ether oxygens (including phenoxy) is 2. The molecule has 0 N–H and O–H groups in total. The average Bonchev–Trinajstić information content (AvgIpc) is 2.72. The van der Waals surface area contributed by atoms with E-state index in [4.69, 9.17) is 13.1 Å². The summed E-state index contributed by atoms with van der Waals surface area (Å²) in [4.78, 5) is 28.2. The molecule has 0 aliphatic carbocycles. The molecule has 0 spiro atoms. The maximum atomic E-state index is 10.5. The van der Waals surface area contributed by atoms with Crippen LogP contribution >= 0.6 is 24.1 Å². The van der Waals surface area contributed by atoms with Crippen molar-refractivity contribution in [2.75, 3.05) is 13.2 Å². The highest BCUT2D eigenvalue weighted by Gasteiger charge is 2.07. The Morgan fingerprint density at radius 1 is 0.793 bits per heavy atom. The number of hydrogen-bond donors (Lipinski definition) is 0. The van der Waals surface area contributed by atoms with Gasteiger partial charge in [-0.05, 0) is 49.2 Å². The first kappa shape index (κ1) is 22.7. The van der Waals surface area contributed by atoms with E-state index in [2.05, 4.69) is 9.98 Å². The van der Waals surface area contributed by atoms with Crippen molar-refractivity contribution < 1.29 is 22.7 Å². The molecule has 7 nitrogen and oxygen atoms in total. The molecule has 0 bridgehead atoms. The van der Waals surface area contributed by atoms with Gasteiger partial charge >= 0.3 is 0 Å². The largest absolute Gasteiger partial charge is 0.492 e. The minimum atomic E-state index is 0.457. The molecule has 0 atom stereocenters. The number of isocyanates is 2. The van der Waals surface area contributed by atoms with Crippen molar-refractivity contribution >= 4 is 47.6 Å². The van der Waals surface area contributed by atoms with Crippen molar-refractivity contribution in [3.8, 4) is 11.5 Å². The molecule has 2 aromatic carbocycles. The minimum Gasteiger partial charge on any atom is -0.492 e. The van der Waals surface area contributed by atoms with Crippen molar-refractivity contribution in [1.82, 2.24) is 0 Å². The average molecular weight is 433 g/mol. The first-order chi connectivity index (χ1) is 14.2. The summed E-state index contributed by atoms with van der Waals surface area (Å²) >= 11 is 2.59. The number of carbonyl (C=O) groups excluding carboxylic acids is 2. The van der Waals surface area contributed by atoms with Crippen LogP contribution in [0.3, 0.4) is 0 Å². The second-order valence-electron chi connectivity index (χ2n) is 5.47. The summed E-state index contributed by atoms with van der Waals surface area (Å²) in [6, 6.07) is 10.8. The Morgan fingerprint density at radius 3 is 1.62 bits per heavy atom. The van der Waals surface area contributed by atoms with Crippen molar-refractivity contribution in [2.24, 2.45) is 9.98 Å². The van der Waals surface area contributed by atoms with E-state index in [9.17, 15) is 9.59 Å². The standard InChI is InChI=1S/C20H20N2O5S2/c1-3-25-19-9-15(5-7-17(19)21-13-23)11-28-27-29-12-16-6-8-18(22-14-24)20(10-16)26-4-2/h5-10H,3-4,11-12H2,1-2H3. The molecule has 0 amide bonds. The summed E-state index contributed by atoms with van der Waals surface area (Å²) in [5.41, 5.74) is 2.88. The predicted molar refractivity (Wildman–Crippen MR) is 114 cm³/mol. The van der Waals surface area contributed by atoms with Crippen LogP contribution in [-0.2, 0) is 24.7 Å². The molecule has 0 aliphatic rings. The van der Waals surface area contributed by atoms with E-state index in [1.54, 1.807) is 12.1 Å². The lowest BCUT2D eigenvalue weighted by Crippen LogP contribution is -1.93. The lowest BCUT2D eigenvalue weighted by Gasteiger charge is -2.09. The molecule has 0 saturated carbocycles. The SMILES string of the molecule is CCOc1cc(CSOSCc2ccc(N=C=O)c(OCC)c2)ccc1N=C=O. The number of benzene rings is 2. The topological polar surface area (TPSA) is 86.6 Å². The molecule has 2 aromatic rings. The van der Waals surface area contributed by atoms with Gasteiger partial charge in [-0.2, -0.15) is 9.98 Å². The molecule has 29 heavy (non-hydrogen) atoms. The van der Waals surface area contributed by atoms with Gasteiger partial charge in [-0.3, -0.25) is 0 Å². The van der Waals surface area contributed by atoms with E-state index >= 15 is 0 Å². The van der Waals surface area contributed by atoms with Crippen LogP contribution in [0.25, 0.3) is 0 Å². The molecule has 2 rings (SSSR count). The Hall–Kier alpha value is -2.54. The number of aliphatic imine (C=N–C) groups is 2. The van der Waals surface area contributed by atoms with E-state index < -0.39 is 0 Å². The Balaban J connectivity index is 1.86. The lowest BCUT2D eigenvalue weighted by molar-refractivity contribution is 0.341. The van der Waals surface area contributed by atoms with Gasteiger partial charge in [0.2, 0.25) is 12.2 Å². The molecule has 9 heteroatoms. The number of hydrogen-bond acceptors (Lipinski definition) is 9. The van der Waals surface area contributed by atoms with E-state index in [1.165, 1.54) is 36.2 Å². The summed E-state index contributed by atoms with van der Waals surface area (Å²) in [5, 5.41) is 0. The first-order valence-electron chi connectivity index (χ1n) is 8.80. The second-order valence-corrected chi connectivity index (χ2v) is 7.06. The van der Waals surface area contributed by atoms with Crippen LogP contribution in [-0.4, -0.2) is 25.4 Å². The summed E-state index contributed by atoms with van der Waals surface area (Å²) < 4.78 is 16.6. The normalized spacial score (nSPS) is 10.0. The van der Waals surface area contributed by atoms with Gasteiger partial charge in [0.1, 0.15) is 22.9 Å². The number of nitrogens with zero attached hydrogens (tertiary/aromatic N) is 2. The Bertz CT molecular complexity index is 836. The van der Waals surface area contributed by atoms with Crippen LogP contribution in [0.5, 0.6) is 11.5 Å². The van der Waals surface area contributed by atoms with Gasteiger partial charge in [0.15, 0.2) is 0 Å². The summed E-state index contributed by atoms with van der Waals surface area (Å²) in [6.45, 7) is 4.69. The molecule has 0 fully saturated rings. The third-order valence-electron chi connectivity index (χ3n) is 3.53. The zero-order valence-corrected chi connectivity index (χ0v) is 17.7. The van der Waals surface area contributed by atoms with Crippen LogP contribution in [0.15, 0.2) is 46.4 Å². The molecule has 0 unspecified atom stereocenters. The Labute approximate surface area is 178 Å². The smallest absolute Gasteiger partial charge is 0.240 e. The lowest BCUT2D eigenvalue weighted by atomic mass is 10.2. The fourth-order valence-electron chi connectivity index (χ4n) is 2.34. The quantitative estimate of drug-likeness (QED) is 0.191. The van der Waals surface area contributed by atoms with Gasteiger partial charge in [-0.15, -0.1) is 0 Å². The molecule has 0 aromatic heterocycles. The molecular weight excluding hydrogens is 412 g/mol. The van der Waals surface area contributed by atoms with Crippen LogP contribution in [0.4, 0.5) is 11.4 Å². The van der Waals surface area contributed by atoms with E-state index in [0.717, 1.165) is 11.1 Å². The Morgan fingerprint density at radius 2 is 1.24 bits per heavy atom. The maximum absolute atomic E-state index is 10.5. The van der Waals surface area contributed by atoms with Crippen molar-refractivity contribution in [2.45, 2.75) is 25.4 Å². The zero-order valence-electron chi connectivity index (χ0n) is 16.0. The fourth-order valence-corrected chi connectivity index (χ4v) is 3.63. The fraction of sp³-hybridized carbons (Fsp3) is 0.300. The van der Waals surface area contributed by atoms with Crippen molar-refractivity contribution in [3.63, 3.8) is 0 Å². The van der Waals surface area contributed by atoms with E-state index in [-0.39, 0.29) is 0 Å². The molecule has 152 valence electrons. The predicted octanol–water partition coefficient (Wildman–Crippen LogP) is 5.43. The van der Waals surface area contributed by atoms with Gasteiger partial charge in [-0.1, -0.05) is 12.1 Å². The second kappa shape index (κ2) is 12.8. The van der Waals surface area contributed by atoms with Crippen LogP contribution in [0.1, 0.15) is 25.0 Å². The van der Waals surface area contributed by atoms with Crippen LogP contribution in [0.2, 0.25) is 0 Å². The van der Waals surface area contributed by atoms with E-state index in [0.29, 0.717) is 47.6 Å². The zero-order chi connectivity index (χ0) is 20.9. The molecule has 0 heterocycles. The van der Waals surface area contributed by atoms with Crippen molar-refractivity contribution in [1.29, 1.82) is 0 Å². The van der Waals surface area contributed by atoms with Gasteiger partial charge in [0.25, 0.3) is 0 Å². The third kappa shape index (κ3) is 7.42. The summed E-state index contributed by atoms with van der Waals surface area (Å²) in [6.07, 6.45) is 3.06. The highest BCUT2D eigenvalue weighted by molar-refractivity contribution is 8.07. The molecule has 0 radical (unpaired) electrons. The molecular formula is C20H20N2O5S2. The summed E-state index contributed by atoms with van der Waals surface area (Å²) in [5.74, 6) is 2.30. The highest BCUT2D eigenvalue weighted by Crippen LogP contribution is 2.32. The van der Waals surface area contributed by atoms with Gasteiger partial charge in [0.05, 0.1) is 13.2 Å². The van der Waals surface area contributed by atoms with Gasteiger partial charge in [-0.25, -0.2) is 13.2 Å². The van der Waals surface area contributed by atoms with Crippen LogP contribution in [0, 0.1) is 0 Å². The molecule has 0 saturated heterocycles. The highest BCUT2D eigenvalue weighted by atomic mass is 32.2. The number of rotatable bonds is 12. The van der Waals surface area contributed by atoms with Crippen LogP contribution < -0.4 is 9.47 Å². The Kier molecular flexibility index (Phi) is 10.1. The van der Waals surface area contributed by atoms with E-state index in [1.807, 2.05) is 38.1 Å².